The Morgan fingerprint density at radius 2 is 1.90 bits per heavy atom. The normalized spacial score (nSPS) is 17.9. The number of nitrogens with zero attached hydrogens (tertiary/aromatic N) is 2. The maximum absolute atomic E-state index is 13.0. The maximum atomic E-state index is 13.0. The van der Waals surface area contributed by atoms with Gasteiger partial charge in [0.05, 0.1) is 11.6 Å². The molecule has 1 aliphatic heterocycles. The average Bonchev–Trinajstić information content (AvgIpc) is 3.01. The number of aryl methyl sites for hydroxylation is 1. The maximum Gasteiger partial charge on any atom is 0.295 e. The molecule has 1 fully saturated rings. The number of hydrogen-bond donors (Lipinski definition) is 1. The highest BCUT2D eigenvalue weighted by molar-refractivity contribution is 6.46. The first-order chi connectivity index (χ1) is 14.8. The fourth-order valence-corrected chi connectivity index (χ4v) is 3.56. The van der Waals surface area contributed by atoms with Gasteiger partial charge < -0.3 is 19.6 Å². The van der Waals surface area contributed by atoms with Gasteiger partial charge in [-0.05, 0) is 38.7 Å². The molecule has 2 aromatic rings. The number of carbonyl (C=O) groups is 2. The zero-order chi connectivity index (χ0) is 22.5. The van der Waals surface area contributed by atoms with Crippen molar-refractivity contribution in [1.82, 2.24) is 9.80 Å². The van der Waals surface area contributed by atoms with E-state index in [2.05, 4.69) is 6.58 Å². The van der Waals surface area contributed by atoms with Crippen LogP contribution in [-0.4, -0.2) is 60.4 Å². The molecular formula is C25H28N2O4. The molecule has 0 radical (unpaired) electrons. The van der Waals surface area contributed by atoms with Crippen molar-refractivity contribution in [1.29, 1.82) is 0 Å². The average molecular weight is 421 g/mol. The van der Waals surface area contributed by atoms with Gasteiger partial charge in [-0.3, -0.25) is 9.59 Å². The van der Waals surface area contributed by atoms with Crippen LogP contribution in [0.4, 0.5) is 0 Å². The van der Waals surface area contributed by atoms with E-state index in [0.29, 0.717) is 36.6 Å². The van der Waals surface area contributed by atoms with Crippen LogP contribution < -0.4 is 4.74 Å². The highest BCUT2D eigenvalue weighted by atomic mass is 16.5. The van der Waals surface area contributed by atoms with Crippen LogP contribution in [-0.2, 0) is 9.59 Å². The predicted octanol–water partition coefficient (Wildman–Crippen LogP) is 3.54. The molecule has 1 saturated heterocycles. The Bertz CT molecular complexity index is 1010. The largest absolute Gasteiger partial charge is 0.507 e. The molecule has 162 valence electrons. The van der Waals surface area contributed by atoms with E-state index in [1.807, 2.05) is 50.2 Å². The Labute approximate surface area is 183 Å². The van der Waals surface area contributed by atoms with E-state index in [4.69, 9.17) is 4.74 Å². The molecule has 6 nitrogen and oxygen atoms in total. The first-order valence-corrected chi connectivity index (χ1v) is 10.2. The van der Waals surface area contributed by atoms with Crippen LogP contribution in [0.2, 0.25) is 0 Å². The van der Waals surface area contributed by atoms with Gasteiger partial charge in [-0.15, -0.1) is 0 Å². The predicted molar refractivity (Wildman–Crippen MR) is 121 cm³/mol. The number of aliphatic hydroxyl groups excluding tert-OH is 1. The summed E-state index contributed by atoms with van der Waals surface area (Å²) >= 11 is 0. The summed E-state index contributed by atoms with van der Waals surface area (Å²) in [7, 11) is 3.81. The van der Waals surface area contributed by atoms with Gasteiger partial charge in [-0.25, -0.2) is 0 Å². The van der Waals surface area contributed by atoms with Crippen molar-refractivity contribution in [2.75, 3.05) is 33.8 Å². The molecule has 6 heteroatoms. The summed E-state index contributed by atoms with van der Waals surface area (Å²) in [5, 5.41) is 11.1. The van der Waals surface area contributed by atoms with Crippen LogP contribution >= 0.6 is 0 Å². The molecule has 2 aromatic carbocycles. The smallest absolute Gasteiger partial charge is 0.295 e. The molecule has 0 saturated carbocycles. The highest BCUT2D eigenvalue weighted by Crippen LogP contribution is 2.40. The third-order valence-corrected chi connectivity index (χ3v) is 5.19. The topological polar surface area (TPSA) is 70.1 Å². The number of amides is 1. The van der Waals surface area contributed by atoms with Gasteiger partial charge in [-0.2, -0.15) is 0 Å². The van der Waals surface area contributed by atoms with E-state index in [1.165, 1.54) is 4.90 Å². The summed E-state index contributed by atoms with van der Waals surface area (Å²) in [5.74, 6) is -0.865. The molecule has 0 bridgehead atoms. The Balaban J connectivity index is 2.12. The molecule has 0 spiro atoms. The Kier molecular flexibility index (Phi) is 6.92. The lowest BCUT2D eigenvalue weighted by Crippen LogP contribution is -2.35. The van der Waals surface area contributed by atoms with Gasteiger partial charge in [-0.1, -0.05) is 54.6 Å². The third kappa shape index (κ3) is 4.86. The van der Waals surface area contributed by atoms with Gasteiger partial charge in [0.25, 0.3) is 11.7 Å². The standard InChI is InChI=1S/C25H28N2O4/c1-5-15-31-20-8-6-7-19(16-20)22-21(23(28)18-11-9-17(2)10-12-18)24(29)25(30)27(22)14-13-26(3)4/h5-12,16,22,28H,1,13-15H2,2-4H3/t22-/m0/s1. The number of likely N-dealkylation sites (tertiary alicyclic amines) is 1. The minimum absolute atomic E-state index is 0.0912. The van der Waals surface area contributed by atoms with Crippen LogP contribution in [0.3, 0.4) is 0 Å². The van der Waals surface area contributed by atoms with Crippen LogP contribution in [0.25, 0.3) is 5.76 Å². The monoisotopic (exact) mass is 420 g/mol. The van der Waals surface area contributed by atoms with Crippen molar-refractivity contribution >= 4 is 17.4 Å². The van der Waals surface area contributed by atoms with Crippen molar-refractivity contribution < 1.29 is 19.4 Å². The van der Waals surface area contributed by atoms with Crippen molar-refractivity contribution in [2.45, 2.75) is 13.0 Å². The summed E-state index contributed by atoms with van der Waals surface area (Å²) in [6.07, 6.45) is 1.65. The van der Waals surface area contributed by atoms with Gasteiger partial charge in [0.1, 0.15) is 18.1 Å². The fraction of sp³-hybridized carbons (Fsp3) is 0.280. The van der Waals surface area contributed by atoms with Crippen LogP contribution in [0.5, 0.6) is 5.75 Å². The van der Waals surface area contributed by atoms with Gasteiger partial charge in [0.2, 0.25) is 0 Å². The summed E-state index contributed by atoms with van der Waals surface area (Å²) in [6, 6.07) is 13.8. The van der Waals surface area contributed by atoms with Crippen LogP contribution in [0.1, 0.15) is 22.7 Å². The molecule has 0 aliphatic carbocycles. The molecule has 1 amide bonds. The van der Waals surface area contributed by atoms with E-state index in [1.54, 1.807) is 30.3 Å². The molecule has 1 atom stereocenters. The lowest BCUT2D eigenvalue weighted by atomic mass is 9.95. The fourth-order valence-electron chi connectivity index (χ4n) is 3.56. The summed E-state index contributed by atoms with van der Waals surface area (Å²) in [5.41, 5.74) is 2.33. The second-order valence-corrected chi connectivity index (χ2v) is 7.83. The number of benzene rings is 2. The second kappa shape index (κ2) is 9.62. The number of aliphatic hydroxyl groups is 1. The number of ether oxygens (including phenoxy) is 1. The van der Waals surface area contributed by atoms with Crippen LogP contribution in [0, 0.1) is 6.92 Å². The molecule has 1 N–H and O–H groups in total. The first kappa shape index (κ1) is 22.3. The lowest BCUT2D eigenvalue weighted by molar-refractivity contribution is -0.140. The van der Waals surface area contributed by atoms with Crippen LogP contribution in [0.15, 0.2) is 66.8 Å². The third-order valence-electron chi connectivity index (χ3n) is 5.19. The SMILES string of the molecule is C=CCOc1cccc([C@H]2C(=C(O)c3ccc(C)cc3)C(=O)C(=O)N2CCN(C)C)c1. The van der Waals surface area contributed by atoms with E-state index in [9.17, 15) is 14.7 Å². The number of Topliss-reactive ketones (excluding diaryl/α,β-unsaturated/α-hetero) is 1. The minimum Gasteiger partial charge on any atom is -0.507 e. The number of hydrogen-bond acceptors (Lipinski definition) is 5. The summed E-state index contributed by atoms with van der Waals surface area (Å²) < 4.78 is 5.64. The lowest BCUT2D eigenvalue weighted by Gasteiger charge is -2.27. The summed E-state index contributed by atoms with van der Waals surface area (Å²) in [6.45, 7) is 6.88. The van der Waals surface area contributed by atoms with E-state index in [-0.39, 0.29) is 11.3 Å². The molecule has 0 aromatic heterocycles. The quantitative estimate of drug-likeness (QED) is 0.306. The molecule has 1 heterocycles. The number of likely N-dealkylation sites (N-methyl/N-ethyl adjacent to an activating group) is 1. The van der Waals surface area contributed by atoms with Crippen molar-refractivity contribution in [2.24, 2.45) is 0 Å². The Morgan fingerprint density at radius 3 is 2.55 bits per heavy atom. The van der Waals surface area contributed by atoms with Gasteiger partial charge >= 0.3 is 0 Å². The molecule has 3 rings (SSSR count). The number of carbonyl (C=O) groups excluding carboxylic acids is 2. The van der Waals surface area contributed by atoms with E-state index in [0.717, 1.165) is 5.56 Å². The minimum atomic E-state index is -0.700. The highest BCUT2D eigenvalue weighted by Gasteiger charge is 2.46. The zero-order valence-electron chi connectivity index (χ0n) is 18.2. The zero-order valence-corrected chi connectivity index (χ0v) is 18.2. The van der Waals surface area contributed by atoms with Crippen molar-refractivity contribution in [3.63, 3.8) is 0 Å². The van der Waals surface area contributed by atoms with E-state index >= 15 is 0 Å². The van der Waals surface area contributed by atoms with E-state index < -0.39 is 17.7 Å². The number of ketones is 1. The summed E-state index contributed by atoms with van der Waals surface area (Å²) in [4.78, 5) is 29.4. The first-order valence-electron chi connectivity index (χ1n) is 10.2. The van der Waals surface area contributed by atoms with Crippen molar-refractivity contribution in [3.8, 4) is 5.75 Å². The van der Waals surface area contributed by atoms with Crippen molar-refractivity contribution in [3.05, 3.63) is 83.4 Å². The molecule has 31 heavy (non-hydrogen) atoms. The molecule has 1 aliphatic rings. The second-order valence-electron chi connectivity index (χ2n) is 7.83. The molecule has 0 unspecified atom stereocenters. The molecular weight excluding hydrogens is 392 g/mol. The van der Waals surface area contributed by atoms with Gasteiger partial charge in [0.15, 0.2) is 0 Å². The Morgan fingerprint density at radius 1 is 1.19 bits per heavy atom. The van der Waals surface area contributed by atoms with Gasteiger partial charge in [0, 0.05) is 18.7 Å². The Hall–Kier alpha value is -3.38. The number of rotatable bonds is 8.